The van der Waals surface area contributed by atoms with E-state index in [0.29, 0.717) is 0 Å². The van der Waals surface area contributed by atoms with Crippen LogP contribution in [0.2, 0.25) is 0 Å². The van der Waals surface area contributed by atoms with Crippen LogP contribution in [0.5, 0.6) is 0 Å². The van der Waals surface area contributed by atoms with E-state index in [2.05, 4.69) is 63.2 Å². The van der Waals surface area contributed by atoms with Gasteiger partial charge in [0.2, 0.25) is 0 Å². The van der Waals surface area contributed by atoms with E-state index in [1.165, 1.54) is 26.4 Å². The van der Waals surface area contributed by atoms with Crippen LogP contribution in [0.1, 0.15) is 16.0 Å². The Morgan fingerprint density at radius 1 is 0.870 bits per heavy atom. The third-order valence-electron chi connectivity index (χ3n) is 3.52. The van der Waals surface area contributed by atoms with Crippen LogP contribution in [0.25, 0.3) is 39.0 Å². The van der Waals surface area contributed by atoms with Crippen LogP contribution in [0.4, 0.5) is 0 Å². The number of rotatable bonds is 4. The Labute approximate surface area is 146 Å². The Bertz CT molecular complexity index is 991. The molecule has 3 aromatic heterocycles. The van der Waals surface area contributed by atoms with Crippen LogP contribution >= 0.6 is 34.4 Å². The average Bonchev–Trinajstić information content (AvgIpc) is 3.32. The van der Waals surface area contributed by atoms with Gasteiger partial charge in [0.15, 0.2) is 0 Å². The fraction of sp³-hybridized carbons (Fsp3) is 0. The summed E-state index contributed by atoms with van der Waals surface area (Å²) in [6, 6.07) is 12.7. The average molecular weight is 353 g/mol. The monoisotopic (exact) mass is 352 g/mol. The molecule has 0 saturated carbocycles. The summed E-state index contributed by atoms with van der Waals surface area (Å²) in [5.41, 5.74) is 3.99. The Hall–Kier alpha value is -2.08. The van der Waals surface area contributed by atoms with Crippen molar-refractivity contribution in [1.29, 1.82) is 0 Å². The standard InChI is InChI=1S/C18H12N2S3/c1-2-12-5-6-13(18-17(12)19-23-20-18)7-8-14-9-10-16(22-14)15-4-3-11-21-15/h2-11H,1H2/b8-7+. The SMILES string of the molecule is C=Cc1ccc(/C=C/c2ccc(-c3cccs3)s2)c2nsnc12. The third kappa shape index (κ3) is 2.79. The molecule has 5 heteroatoms. The number of aromatic nitrogens is 2. The Balaban J connectivity index is 1.67. The summed E-state index contributed by atoms with van der Waals surface area (Å²) in [5, 5.41) is 2.11. The molecule has 0 amide bonds. The lowest BCUT2D eigenvalue weighted by molar-refractivity contribution is 1.60. The van der Waals surface area contributed by atoms with Gasteiger partial charge in [0.05, 0.1) is 11.7 Å². The number of thiophene rings is 2. The molecule has 0 N–H and O–H groups in total. The van der Waals surface area contributed by atoms with E-state index in [4.69, 9.17) is 0 Å². The number of nitrogens with zero attached hydrogens (tertiary/aromatic N) is 2. The van der Waals surface area contributed by atoms with Gasteiger partial charge in [-0.15, -0.1) is 22.7 Å². The highest BCUT2D eigenvalue weighted by Crippen LogP contribution is 2.32. The summed E-state index contributed by atoms with van der Waals surface area (Å²) in [7, 11) is 0. The molecule has 0 bridgehead atoms. The minimum Gasteiger partial charge on any atom is -0.172 e. The van der Waals surface area contributed by atoms with Crippen LogP contribution in [0.3, 0.4) is 0 Å². The summed E-state index contributed by atoms with van der Waals surface area (Å²) in [6.45, 7) is 3.83. The molecule has 1 aromatic carbocycles. The van der Waals surface area contributed by atoms with Crippen molar-refractivity contribution in [3.05, 3.63) is 64.4 Å². The van der Waals surface area contributed by atoms with E-state index in [9.17, 15) is 0 Å². The van der Waals surface area contributed by atoms with Crippen LogP contribution in [-0.2, 0) is 0 Å². The molecule has 0 aliphatic rings. The van der Waals surface area contributed by atoms with Gasteiger partial charge in [-0.1, -0.05) is 36.9 Å². The molecule has 112 valence electrons. The normalized spacial score (nSPS) is 11.5. The summed E-state index contributed by atoms with van der Waals surface area (Å²) in [5.74, 6) is 0. The molecule has 0 radical (unpaired) electrons. The summed E-state index contributed by atoms with van der Waals surface area (Å²) >= 11 is 4.81. The van der Waals surface area contributed by atoms with Crippen LogP contribution < -0.4 is 0 Å². The van der Waals surface area contributed by atoms with Crippen LogP contribution in [0, 0.1) is 0 Å². The molecule has 0 spiro atoms. The first-order chi connectivity index (χ1) is 11.3. The van der Waals surface area contributed by atoms with Crippen molar-refractivity contribution in [2.45, 2.75) is 0 Å². The second-order valence-corrected chi connectivity index (χ2v) is 7.51. The maximum absolute atomic E-state index is 4.42. The smallest absolute Gasteiger partial charge is 0.112 e. The first-order valence-electron chi connectivity index (χ1n) is 7.04. The fourth-order valence-corrected chi connectivity index (χ4v) is 4.70. The quantitative estimate of drug-likeness (QED) is 0.431. The molecule has 0 aliphatic carbocycles. The Morgan fingerprint density at radius 2 is 1.70 bits per heavy atom. The Morgan fingerprint density at radius 3 is 2.48 bits per heavy atom. The Kier molecular flexibility index (Phi) is 3.91. The summed E-state index contributed by atoms with van der Waals surface area (Å²) in [6.07, 6.45) is 6.08. The maximum atomic E-state index is 4.42. The number of hydrogen-bond donors (Lipinski definition) is 0. The van der Waals surface area contributed by atoms with E-state index >= 15 is 0 Å². The van der Waals surface area contributed by atoms with E-state index in [1.807, 2.05) is 12.1 Å². The van der Waals surface area contributed by atoms with Crippen molar-refractivity contribution < 1.29 is 0 Å². The van der Waals surface area contributed by atoms with Gasteiger partial charge in [-0.25, -0.2) is 0 Å². The second kappa shape index (κ2) is 6.20. The predicted molar refractivity (Wildman–Crippen MR) is 104 cm³/mol. The van der Waals surface area contributed by atoms with Gasteiger partial charge in [-0.3, -0.25) is 0 Å². The lowest BCUT2D eigenvalue weighted by atomic mass is 10.1. The molecule has 4 aromatic rings. The molecule has 2 nitrogen and oxygen atoms in total. The van der Waals surface area contributed by atoms with E-state index in [0.717, 1.165) is 22.2 Å². The predicted octanol–water partition coefficient (Wildman–Crippen LogP) is 6.29. The van der Waals surface area contributed by atoms with Crippen molar-refractivity contribution in [1.82, 2.24) is 8.75 Å². The topological polar surface area (TPSA) is 25.8 Å². The van der Waals surface area contributed by atoms with E-state index in [1.54, 1.807) is 22.7 Å². The van der Waals surface area contributed by atoms with Gasteiger partial charge in [-0.05, 0) is 29.7 Å². The highest BCUT2D eigenvalue weighted by atomic mass is 32.1. The first kappa shape index (κ1) is 14.5. The molecule has 4 rings (SSSR count). The van der Waals surface area contributed by atoms with Gasteiger partial charge in [0.25, 0.3) is 0 Å². The lowest BCUT2D eigenvalue weighted by Gasteiger charge is -1.98. The fourth-order valence-electron chi connectivity index (χ4n) is 2.37. The number of fused-ring (bicyclic) bond motifs is 1. The largest absolute Gasteiger partial charge is 0.172 e. The minimum atomic E-state index is 0.928. The molecule has 0 unspecified atom stereocenters. The molecule has 3 heterocycles. The van der Waals surface area contributed by atoms with Crippen molar-refractivity contribution in [3.63, 3.8) is 0 Å². The lowest BCUT2D eigenvalue weighted by Crippen LogP contribution is -1.81. The van der Waals surface area contributed by atoms with Gasteiger partial charge in [0, 0.05) is 25.8 Å². The van der Waals surface area contributed by atoms with Crippen LogP contribution in [-0.4, -0.2) is 8.75 Å². The highest BCUT2D eigenvalue weighted by molar-refractivity contribution is 7.21. The zero-order valence-corrected chi connectivity index (χ0v) is 14.5. The van der Waals surface area contributed by atoms with Gasteiger partial charge >= 0.3 is 0 Å². The van der Waals surface area contributed by atoms with Crippen LogP contribution in [0.15, 0.2) is 48.4 Å². The van der Waals surface area contributed by atoms with Crippen molar-refractivity contribution >= 4 is 63.7 Å². The van der Waals surface area contributed by atoms with Crippen molar-refractivity contribution in [2.24, 2.45) is 0 Å². The molecule has 23 heavy (non-hydrogen) atoms. The van der Waals surface area contributed by atoms with Crippen molar-refractivity contribution in [3.8, 4) is 9.75 Å². The van der Waals surface area contributed by atoms with Crippen molar-refractivity contribution in [2.75, 3.05) is 0 Å². The van der Waals surface area contributed by atoms with E-state index < -0.39 is 0 Å². The van der Waals surface area contributed by atoms with Gasteiger partial charge < -0.3 is 0 Å². The maximum Gasteiger partial charge on any atom is 0.112 e. The molecule has 0 atom stereocenters. The summed E-state index contributed by atoms with van der Waals surface area (Å²) < 4.78 is 8.79. The number of hydrogen-bond acceptors (Lipinski definition) is 5. The highest BCUT2D eigenvalue weighted by Gasteiger charge is 2.07. The molecule has 0 saturated heterocycles. The minimum absolute atomic E-state index is 0.928. The first-order valence-corrected chi connectivity index (χ1v) is 9.47. The molecular weight excluding hydrogens is 340 g/mol. The second-order valence-electron chi connectivity index (χ2n) is 4.92. The molecule has 0 fully saturated rings. The zero-order valence-electron chi connectivity index (χ0n) is 12.1. The molecular formula is C18H12N2S3. The number of benzene rings is 1. The molecule has 0 aliphatic heterocycles. The van der Waals surface area contributed by atoms with Gasteiger partial charge in [0.1, 0.15) is 11.0 Å². The van der Waals surface area contributed by atoms with Gasteiger partial charge in [-0.2, -0.15) is 8.75 Å². The zero-order chi connectivity index (χ0) is 15.6. The van der Waals surface area contributed by atoms with E-state index in [-0.39, 0.29) is 0 Å². The third-order valence-corrected chi connectivity index (χ3v) is 6.16. The summed E-state index contributed by atoms with van der Waals surface area (Å²) in [4.78, 5) is 3.86.